The summed E-state index contributed by atoms with van der Waals surface area (Å²) in [6, 6.07) is 4.57. The molecule has 6 nitrogen and oxygen atoms in total. The normalized spacial score (nSPS) is 19.7. The van der Waals surface area contributed by atoms with Crippen molar-refractivity contribution < 1.29 is 4.74 Å². The SMILES string of the molecule is CCCN1CCC(NC(=NCc2ccnc(OC3CCCC3)c2)NCC)CC1. The predicted octanol–water partition coefficient (Wildman–Crippen LogP) is 3.33. The Balaban J connectivity index is 1.52. The summed E-state index contributed by atoms with van der Waals surface area (Å²) in [6.45, 7) is 9.44. The van der Waals surface area contributed by atoms with E-state index in [0.29, 0.717) is 18.7 Å². The largest absolute Gasteiger partial charge is 0.474 e. The van der Waals surface area contributed by atoms with E-state index in [1.807, 2.05) is 18.3 Å². The number of aromatic nitrogens is 1. The summed E-state index contributed by atoms with van der Waals surface area (Å²) in [6.07, 6.45) is 10.6. The van der Waals surface area contributed by atoms with E-state index in [2.05, 4.69) is 34.4 Å². The number of nitrogens with zero attached hydrogens (tertiary/aromatic N) is 3. The average molecular weight is 388 g/mol. The van der Waals surface area contributed by atoms with E-state index in [1.54, 1.807) is 0 Å². The van der Waals surface area contributed by atoms with Gasteiger partial charge in [-0.2, -0.15) is 0 Å². The lowest BCUT2D eigenvalue weighted by atomic mass is 10.1. The van der Waals surface area contributed by atoms with Crippen LogP contribution in [0.15, 0.2) is 23.3 Å². The van der Waals surface area contributed by atoms with E-state index >= 15 is 0 Å². The van der Waals surface area contributed by atoms with Crippen molar-refractivity contribution in [1.82, 2.24) is 20.5 Å². The second-order valence-corrected chi connectivity index (χ2v) is 7.98. The number of ether oxygens (including phenoxy) is 1. The molecule has 6 heteroatoms. The summed E-state index contributed by atoms with van der Waals surface area (Å²) in [5, 5.41) is 7.02. The molecule has 0 bridgehead atoms. The molecule has 1 saturated heterocycles. The fourth-order valence-corrected chi connectivity index (χ4v) is 4.09. The van der Waals surface area contributed by atoms with Crippen LogP contribution in [0.3, 0.4) is 0 Å². The van der Waals surface area contributed by atoms with Crippen LogP contribution in [0.25, 0.3) is 0 Å². The molecule has 1 aliphatic heterocycles. The average Bonchev–Trinajstić information content (AvgIpc) is 3.21. The van der Waals surface area contributed by atoms with Crippen LogP contribution in [0.4, 0.5) is 0 Å². The summed E-state index contributed by atoms with van der Waals surface area (Å²) < 4.78 is 6.03. The van der Waals surface area contributed by atoms with Crippen LogP contribution >= 0.6 is 0 Å². The van der Waals surface area contributed by atoms with Crippen LogP contribution in [-0.4, -0.2) is 54.2 Å². The Morgan fingerprint density at radius 1 is 1.21 bits per heavy atom. The smallest absolute Gasteiger partial charge is 0.213 e. The molecule has 0 unspecified atom stereocenters. The lowest BCUT2D eigenvalue weighted by Crippen LogP contribution is -2.48. The molecule has 1 saturated carbocycles. The van der Waals surface area contributed by atoms with Gasteiger partial charge >= 0.3 is 0 Å². The molecule has 28 heavy (non-hydrogen) atoms. The summed E-state index contributed by atoms with van der Waals surface area (Å²) >= 11 is 0. The van der Waals surface area contributed by atoms with Gasteiger partial charge in [0.1, 0.15) is 6.10 Å². The van der Waals surface area contributed by atoms with Crippen molar-refractivity contribution in [2.24, 2.45) is 4.99 Å². The highest BCUT2D eigenvalue weighted by molar-refractivity contribution is 5.80. The van der Waals surface area contributed by atoms with Crippen LogP contribution in [0.1, 0.15) is 64.4 Å². The van der Waals surface area contributed by atoms with Crippen molar-refractivity contribution in [1.29, 1.82) is 0 Å². The van der Waals surface area contributed by atoms with Gasteiger partial charge in [-0.15, -0.1) is 0 Å². The van der Waals surface area contributed by atoms with Gasteiger partial charge in [-0.3, -0.25) is 0 Å². The molecule has 0 amide bonds. The number of likely N-dealkylation sites (tertiary alicyclic amines) is 1. The zero-order valence-electron chi connectivity index (χ0n) is 17.6. The molecule has 156 valence electrons. The highest BCUT2D eigenvalue weighted by atomic mass is 16.5. The van der Waals surface area contributed by atoms with Crippen LogP contribution in [-0.2, 0) is 6.54 Å². The number of pyridine rings is 1. The number of hydrogen-bond donors (Lipinski definition) is 2. The number of hydrogen-bond acceptors (Lipinski definition) is 4. The first-order valence-corrected chi connectivity index (χ1v) is 11.2. The molecule has 0 aromatic carbocycles. The summed E-state index contributed by atoms with van der Waals surface area (Å²) in [5.74, 6) is 1.65. The number of aliphatic imine (C=N–C) groups is 1. The molecule has 0 spiro atoms. The molecule has 2 aliphatic rings. The van der Waals surface area contributed by atoms with E-state index < -0.39 is 0 Å². The van der Waals surface area contributed by atoms with Gasteiger partial charge in [-0.25, -0.2) is 9.98 Å². The first kappa shape index (κ1) is 20.9. The molecule has 2 N–H and O–H groups in total. The Bertz CT molecular complexity index is 607. The molecule has 1 aliphatic carbocycles. The maximum atomic E-state index is 6.03. The highest BCUT2D eigenvalue weighted by Gasteiger charge is 2.19. The predicted molar refractivity (Wildman–Crippen MR) is 115 cm³/mol. The van der Waals surface area contributed by atoms with Crippen molar-refractivity contribution >= 4 is 5.96 Å². The molecule has 1 aromatic rings. The number of rotatable bonds is 8. The summed E-state index contributed by atoms with van der Waals surface area (Å²) in [5.41, 5.74) is 1.14. The number of nitrogens with one attached hydrogen (secondary N) is 2. The third-order valence-electron chi connectivity index (χ3n) is 5.62. The monoisotopic (exact) mass is 387 g/mol. The first-order valence-electron chi connectivity index (χ1n) is 11.2. The maximum absolute atomic E-state index is 6.03. The van der Waals surface area contributed by atoms with Crippen LogP contribution in [0, 0.1) is 0 Å². The Hall–Kier alpha value is -1.82. The Kier molecular flexibility index (Phi) is 8.40. The molecule has 2 heterocycles. The van der Waals surface area contributed by atoms with Crippen molar-refractivity contribution in [2.75, 3.05) is 26.2 Å². The third kappa shape index (κ3) is 6.66. The standard InChI is InChI=1S/C22H37N5O/c1-3-13-27-14-10-19(11-15-27)26-22(23-4-2)25-17-18-9-12-24-21(16-18)28-20-7-5-6-8-20/h9,12,16,19-20H,3-8,10-11,13-15,17H2,1-2H3,(H2,23,25,26). The zero-order valence-corrected chi connectivity index (χ0v) is 17.6. The fraction of sp³-hybridized carbons (Fsp3) is 0.727. The molecule has 3 rings (SSSR count). The van der Waals surface area contributed by atoms with Crippen molar-refractivity contribution in [2.45, 2.75) is 77.5 Å². The summed E-state index contributed by atoms with van der Waals surface area (Å²) in [7, 11) is 0. The molecular weight excluding hydrogens is 350 g/mol. The minimum Gasteiger partial charge on any atom is -0.474 e. The molecule has 1 aromatic heterocycles. The van der Waals surface area contributed by atoms with E-state index in [-0.39, 0.29) is 0 Å². The van der Waals surface area contributed by atoms with Gasteiger partial charge in [0.15, 0.2) is 5.96 Å². The van der Waals surface area contributed by atoms with Crippen molar-refractivity contribution in [3.8, 4) is 5.88 Å². The Labute approximate surface area is 170 Å². The Morgan fingerprint density at radius 3 is 2.71 bits per heavy atom. The summed E-state index contributed by atoms with van der Waals surface area (Å²) in [4.78, 5) is 11.7. The highest BCUT2D eigenvalue weighted by Crippen LogP contribution is 2.23. The van der Waals surface area contributed by atoms with Crippen molar-refractivity contribution in [3.63, 3.8) is 0 Å². The topological polar surface area (TPSA) is 61.8 Å². The van der Waals surface area contributed by atoms with Gasteiger partial charge in [0.25, 0.3) is 0 Å². The van der Waals surface area contributed by atoms with E-state index in [9.17, 15) is 0 Å². The van der Waals surface area contributed by atoms with E-state index in [0.717, 1.165) is 36.8 Å². The molecule has 0 atom stereocenters. The molecule has 2 fully saturated rings. The lowest BCUT2D eigenvalue weighted by molar-refractivity contribution is 0.201. The van der Waals surface area contributed by atoms with Gasteiger partial charge in [0.2, 0.25) is 5.88 Å². The Morgan fingerprint density at radius 2 is 2.00 bits per heavy atom. The van der Waals surface area contributed by atoms with Crippen molar-refractivity contribution in [3.05, 3.63) is 23.9 Å². The number of guanidine groups is 1. The zero-order chi connectivity index (χ0) is 19.6. The van der Waals surface area contributed by atoms with Gasteiger partial charge in [-0.05, 0) is 70.0 Å². The van der Waals surface area contributed by atoms with Crippen LogP contribution in [0.2, 0.25) is 0 Å². The quantitative estimate of drug-likeness (QED) is 0.529. The third-order valence-corrected chi connectivity index (χ3v) is 5.62. The van der Waals surface area contributed by atoms with Gasteiger partial charge in [-0.1, -0.05) is 6.92 Å². The second kappa shape index (κ2) is 11.2. The minimum absolute atomic E-state index is 0.337. The number of piperidine rings is 1. The first-order chi connectivity index (χ1) is 13.8. The van der Waals surface area contributed by atoms with Crippen LogP contribution in [0.5, 0.6) is 5.88 Å². The van der Waals surface area contributed by atoms with Gasteiger partial charge < -0.3 is 20.3 Å². The minimum atomic E-state index is 0.337. The fourth-order valence-electron chi connectivity index (χ4n) is 4.09. The van der Waals surface area contributed by atoms with E-state index in [1.165, 1.54) is 51.7 Å². The van der Waals surface area contributed by atoms with E-state index in [4.69, 9.17) is 9.73 Å². The van der Waals surface area contributed by atoms with Crippen LogP contribution < -0.4 is 15.4 Å². The van der Waals surface area contributed by atoms with Gasteiger partial charge in [0.05, 0.1) is 6.54 Å². The molecule has 0 radical (unpaired) electrons. The van der Waals surface area contributed by atoms with Gasteiger partial charge in [0, 0.05) is 37.9 Å². The molecular formula is C22H37N5O. The maximum Gasteiger partial charge on any atom is 0.213 e. The lowest BCUT2D eigenvalue weighted by Gasteiger charge is -2.32. The second-order valence-electron chi connectivity index (χ2n) is 7.98.